The lowest BCUT2D eigenvalue weighted by Crippen LogP contribution is -2.07. The average molecular weight is 410 g/mol. The lowest BCUT2D eigenvalue weighted by molar-refractivity contribution is 0.0600. The van der Waals surface area contributed by atoms with Crippen molar-refractivity contribution in [2.75, 3.05) is 7.11 Å². The fourth-order valence-corrected chi connectivity index (χ4v) is 3.62. The van der Waals surface area contributed by atoms with E-state index in [1.807, 2.05) is 0 Å². The summed E-state index contributed by atoms with van der Waals surface area (Å²) in [5.41, 5.74) is 1.69. The molecular formula is C23H16F2O5. The summed E-state index contributed by atoms with van der Waals surface area (Å²) in [5.74, 6) is -2.83. The number of hydrogen-bond acceptors (Lipinski definition) is 5. The number of halogens is 2. The standard InChI is InChI=1S/C23H16F2O5/c1-10-6-12(23(28)29-3)4-5-13(10)20-14-7-16(24)18(26)9-19(14)30-22-11(2)21(27)17(25)8-15(20)22/h4-9,27H,1-3H3. The monoisotopic (exact) mass is 410 g/mol. The quantitative estimate of drug-likeness (QED) is 0.374. The summed E-state index contributed by atoms with van der Waals surface area (Å²) in [6.45, 7) is 3.22. The Bertz CT molecular complexity index is 1370. The fourth-order valence-electron chi connectivity index (χ4n) is 3.62. The van der Waals surface area contributed by atoms with Gasteiger partial charge in [-0.15, -0.1) is 0 Å². The first-order chi connectivity index (χ1) is 14.2. The number of fused-ring (bicyclic) bond motifs is 2. The summed E-state index contributed by atoms with van der Waals surface area (Å²) in [6.07, 6.45) is 0. The molecule has 0 unspecified atom stereocenters. The van der Waals surface area contributed by atoms with Crippen LogP contribution in [0.1, 0.15) is 21.5 Å². The molecule has 0 amide bonds. The number of phenolic OH excluding ortho intramolecular Hbond substituents is 1. The number of ether oxygens (including phenoxy) is 1. The number of rotatable bonds is 2. The molecule has 1 aliphatic heterocycles. The number of carbonyl (C=O) groups excluding carboxylic acids is 1. The van der Waals surface area contributed by atoms with Gasteiger partial charge in [0.1, 0.15) is 11.3 Å². The number of carbonyl (C=O) groups is 1. The van der Waals surface area contributed by atoms with Crippen LogP contribution in [0.4, 0.5) is 8.78 Å². The van der Waals surface area contributed by atoms with Gasteiger partial charge in [0.05, 0.1) is 12.7 Å². The maximum atomic E-state index is 14.4. The molecule has 0 fully saturated rings. The van der Waals surface area contributed by atoms with E-state index in [1.54, 1.807) is 19.1 Å². The molecule has 2 aliphatic rings. The number of esters is 1. The summed E-state index contributed by atoms with van der Waals surface area (Å²) >= 11 is 0. The Morgan fingerprint density at radius 2 is 1.77 bits per heavy atom. The van der Waals surface area contributed by atoms with Crippen LogP contribution in [0.3, 0.4) is 0 Å². The molecule has 4 rings (SSSR count). The van der Waals surface area contributed by atoms with Crippen molar-refractivity contribution in [2.24, 2.45) is 0 Å². The summed E-state index contributed by atoms with van der Waals surface area (Å²) < 4.78 is 39.0. The molecular weight excluding hydrogens is 394 g/mol. The van der Waals surface area contributed by atoms with Gasteiger partial charge in [0.25, 0.3) is 0 Å². The Morgan fingerprint density at radius 1 is 1.03 bits per heavy atom. The highest BCUT2D eigenvalue weighted by Crippen LogP contribution is 2.44. The van der Waals surface area contributed by atoms with Crippen LogP contribution in [0.15, 0.2) is 45.6 Å². The highest BCUT2D eigenvalue weighted by molar-refractivity contribution is 6.04. The minimum Gasteiger partial charge on any atom is -0.505 e. The second kappa shape index (κ2) is 6.95. The molecule has 0 bridgehead atoms. The average Bonchev–Trinajstić information content (AvgIpc) is 2.72. The maximum Gasteiger partial charge on any atom is 0.337 e. The number of aromatic hydroxyl groups is 1. The van der Waals surface area contributed by atoms with Crippen LogP contribution in [0.2, 0.25) is 0 Å². The lowest BCUT2D eigenvalue weighted by atomic mass is 9.89. The highest BCUT2D eigenvalue weighted by atomic mass is 19.1. The predicted octanol–water partition coefficient (Wildman–Crippen LogP) is 4.95. The molecule has 1 N–H and O–H groups in total. The molecule has 0 atom stereocenters. The maximum absolute atomic E-state index is 14.4. The Labute approximate surface area is 169 Å². The van der Waals surface area contributed by atoms with Crippen LogP contribution < -0.4 is 5.43 Å². The van der Waals surface area contributed by atoms with Gasteiger partial charge < -0.3 is 14.3 Å². The molecule has 152 valence electrons. The number of phenols is 1. The van der Waals surface area contributed by atoms with Gasteiger partial charge >= 0.3 is 5.97 Å². The topological polar surface area (TPSA) is 76.7 Å². The van der Waals surface area contributed by atoms with Crippen LogP contribution in [0.5, 0.6) is 5.75 Å². The van der Waals surface area contributed by atoms with Gasteiger partial charge in [-0.05, 0) is 49.2 Å². The van der Waals surface area contributed by atoms with Crippen molar-refractivity contribution >= 4 is 16.9 Å². The van der Waals surface area contributed by atoms with Crippen LogP contribution in [-0.2, 0) is 4.74 Å². The van der Waals surface area contributed by atoms with Gasteiger partial charge in [-0.25, -0.2) is 13.6 Å². The zero-order chi connectivity index (χ0) is 21.7. The SMILES string of the molecule is COC(=O)c1ccc(-c2c3cc(F)c(=O)cc-3oc3c(C)c(O)c(F)cc23)c(C)c1. The third-order valence-corrected chi connectivity index (χ3v) is 5.14. The molecule has 0 aromatic heterocycles. The van der Waals surface area contributed by atoms with E-state index in [2.05, 4.69) is 0 Å². The predicted molar refractivity (Wildman–Crippen MR) is 107 cm³/mol. The van der Waals surface area contributed by atoms with E-state index >= 15 is 0 Å². The molecule has 0 spiro atoms. The van der Waals surface area contributed by atoms with Crippen molar-refractivity contribution < 1.29 is 27.8 Å². The van der Waals surface area contributed by atoms with Crippen molar-refractivity contribution in [1.82, 2.24) is 0 Å². The second-order valence-corrected chi connectivity index (χ2v) is 6.99. The van der Waals surface area contributed by atoms with Crippen molar-refractivity contribution in [2.45, 2.75) is 13.8 Å². The normalized spacial score (nSPS) is 11.2. The van der Waals surface area contributed by atoms with Crippen LogP contribution in [0.25, 0.3) is 33.4 Å². The number of hydrogen-bond donors (Lipinski definition) is 1. The Kier molecular flexibility index (Phi) is 4.53. The minimum atomic E-state index is -0.974. The molecule has 0 radical (unpaired) electrons. The van der Waals surface area contributed by atoms with Gasteiger partial charge in [0, 0.05) is 28.1 Å². The molecule has 2 aromatic rings. The number of methoxy groups -OCH3 is 1. The van der Waals surface area contributed by atoms with E-state index in [0.717, 1.165) is 18.2 Å². The van der Waals surface area contributed by atoms with E-state index in [1.165, 1.54) is 20.1 Å². The molecule has 30 heavy (non-hydrogen) atoms. The second-order valence-electron chi connectivity index (χ2n) is 6.99. The van der Waals surface area contributed by atoms with Gasteiger partial charge in [-0.1, -0.05) is 6.07 Å². The Balaban J connectivity index is 2.18. The van der Waals surface area contributed by atoms with E-state index in [-0.39, 0.29) is 22.5 Å². The molecule has 1 aliphatic carbocycles. The summed E-state index contributed by atoms with van der Waals surface area (Å²) in [4.78, 5) is 23.7. The lowest BCUT2D eigenvalue weighted by Gasteiger charge is -2.18. The van der Waals surface area contributed by atoms with Crippen molar-refractivity contribution in [3.8, 4) is 28.2 Å². The zero-order valence-corrected chi connectivity index (χ0v) is 16.3. The minimum absolute atomic E-state index is 0.0921. The third kappa shape index (κ3) is 2.90. The molecule has 7 heteroatoms. The first-order valence-electron chi connectivity index (χ1n) is 9.00. The van der Waals surface area contributed by atoms with Crippen molar-refractivity contribution in [3.63, 3.8) is 0 Å². The summed E-state index contributed by atoms with van der Waals surface area (Å²) in [5, 5.41) is 10.3. The van der Waals surface area contributed by atoms with Crippen LogP contribution >= 0.6 is 0 Å². The summed E-state index contributed by atoms with van der Waals surface area (Å²) in [6, 6.07) is 7.95. The first-order valence-corrected chi connectivity index (χ1v) is 9.00. The fraction of sp³-hybridized carbons (Fsp3) is 0.130. The molecule has 1 heterocycles. The zero-order valence-electron chi connectivity index (χ0n) is 16.3. The summed E-state index contributed by atoms with van der Waals surface area (Å²) in [7, 11) is 1.27. The Hall–Kier alpha value is -3.74. The van der Waals surface area contributed by atoms with Gasteiger partial charge in [-0.3, -0.25) is 4.79 Å². The molecule has 0 saturated heterocycles. The Morgan fingerprint density at radius 3 is 2.43 bits per heavy atom. The van der Waals surface area contributed by atoms with E-state index in [0.29, 0.717) is 27.6 Å². The molecule has 0 saturated carbocycles. The van der Waals surface area contributed by atoms with Gasteiger partial charge in [0.2, 0.25) is 5.43 Å². The third-order valence-electron chi connectivity index (χ3n) is 5.14. The first kappa shape index (κ1) is 19.6. The van der Waals surface area contributed by atoms with E-state index in [9.17, 15) is 23.5 Å². The molecule has 5 nitrogen and oxygen atoms in total. The van der Waals surface area contributed by atoms with Gasteiger partial charge in [0.15, 0.2) is 17.4 Å². The smallest absolute Gasteiger partial charge is 0.337 e. The number of aryl methyl sites for hydroxylation is 2. The highest BCUT2D eigenvalue weighted by Gasteiger charge is 2.24. The van der Waals surface area contributed by atoms with E-state index < -0.39 is 28.8 Å². The number of benzene rings is 3. The van der Waals surface area contributed by atoms with E-state index in [4.69, 9.17) is 9.15 Å². The van der Waals surface area contributed by atoms with Crippen LogP contribution in [0, 0.1) is 25.5 Å². The van der Waals surface area contributed by atoms with Crippen molar-refractivity contribution in [1.29, 1.82) is 0 Å². The largest absolute Gasteiger partial charge is 0.505 e. The molecule has 2 aromatic carbocycles. The van der Waals surface area contributed by atoms with Crippen molar-refractivity contribution in [3.05, 3.63) is 74.9 Å². The van der Waals surface area contributed by atoms with Crippen LogP contribution in [-0.4, -0.2) is 18.2 Å². The van der Waals surface area contributed by atoms with Gasteiger partial charge in [-0.2, -0.15) is 0 Å².